The Hall–Kier alpha value is -0.810. The first-order valence-corrected chi connectivity index (χ1v) is 5.17. The molecule has 0 heterocycles. The highest BCUT2D eigenvalue weighted by molar-refractivity contribution is 9.09. The first-order chi connectivity index (χ1) is 6.24. The maximum atomic E-state index is 13.2. The molecule has 0 aromatic heterocycles. The Balaban J connectivity index is 2.85. The van der Waals surface area contributed by atoms with Crippen molar-refractivity contribution >= 4 is 15.9 Å². The molecule has 0 aliphatic heterocycles. The van der Waals surface area contributed by atoms with E-state index >= 15 is 0 Å². The van der Waals surface area contributed by atoms with Crippen LogP contribution in [0.1, 0.15) is 17.5 Å². The molecule has 0 saturated heterocycles. The molecule has 0 unspecified atom stereocenters. The summed E-state index contributed by atoms with van der Waals surface area (Å²) >= 11 is 3.26. The molecule has 0 N–H and O–H groups in total. The van der Waals surface area contributed by atoms with Gasteiger partial charge in [0.25, 0.3) is 0 Å². The summed E-state index contributed by atoms with van der Waals surface area (Å²) in [7, 11) is 0. The quantitative estimate of drug-likeness (QED) is 0.523. The number of rotatable bonds is 1. The van der Waals surface area contributed by atoms with Gasteiger partial charge in [-0.3, -0.25) is 0 Å². The number of hydrogen-bond acceptors (Lipinski definition) is 0. The van der Waals surface area contributed by atoms with E-state index < -0.39 is 0 Å². The van der Waals surface area contributed by atoms with Crippen LogP contribution in [-0.4, -0.2) is 5.33 Å². The van der Waals surface area contributed by atoms with E-state index in [9.17, 15) is 4.39 Å². The maximum absolute atomic E-state index is 13.2. The molecule has 0 aliphatic rings. The van der Waals surface area contributed by atoms with Gasteiger partial charge in [0, 0.05) is 11.8 Å². The first kappa shape index (κ1) is 10.3. The Labute approximate surface area is 86.3 Å². The van der Waals surface area contributed by atoms with E-state index in [2.05, 4.69) is 27.8 Å². The van der Waals surface area contributed by atoms with Crippen molar-refractivity contribution in [2.45, 2.75) is 13.3 Å². The molecular formula is C11H10BrF. The number of halogens is 2. The standard InChI is InChI=1S/C11H10BrF/c1-9-5-6-10(11(13)8-9)4-2-3-7-12/h5-6,8H,3,7H2,1H3. The van der Waals surface area contributed by atoms with Crippen molar-refractivity contribution in [3.8, 4) is 11.8 Å². The topological polar surface area (TPSA) is 0 Å². The average Bonchev–Trinajstić information content (AvgIpc) is 2.09. The van der Waals surface area contributed by atoms with Crippen molar-refractivity contribution in [3.63, 3.8) is 0 Å². The fourth-order valence-corrected chi connectivity index (χ4v) is 1.12. The van der Waals surface area contributed by atoms with Gasteiger partial charge in [0.1, 0.15) is 5.82 Å². The first-order valence-electron chi connectivity index (χ1n) is 4.05. The molecule has 0 fully saturated rings. The fraction of sp³-hybridized carbons (Fsp3) is 0.273. The highest BCUT2D eigenvalue weighted by atomic mass is 79.9. The van der Waals surface area contributed by atoms with Crippen LogP contribution in [0, 0.1) is 24.6 Å². The summed E-state index contributed by atoms with van der Waals surface area (Å²) in [6, 6.07) is 5.07. The zero-order chi connectivity index (χ0) is 9.68. The molecule has 1 rings (SSSR count). The summed E-state index contributed by atoms with van der Waals surface area (Å²) < 4.78 is 13.2. The van der Waals surface area contributed by atoms with Crippen molar-refractivity contribution in [3.05, 3.63) is 35.1 Å². The zero-order valence-electron chi connectivity index (χ0n) is 7.40. The smallest absolute Gasteiger partial charge is 0.139 e. The summed E-state index contributed by atoms with van der Waals surface area (Å²) in [5.74, 6) is 5.43. The van der Waals surface area contributed by atoms with Gasteiger partial charge in [-0.15, -0.1) is 0 Å². The highest BCUT2D eigenvalue weighted by Gasteiger charge is 1.97. The van der Waals surface area contributed by atoms with Crippen LogP contribution in [0.25, 0.3) is 0 Å². The molecule has 0 bridgehead atoms. The molecule has 0 amide bonds. The lowest BCUT2D eigenvalue weighted by atomic mass is 10.1. The predicted molar refractivity (Wildman–Crippen MR) is 56.4 cm³/mol. The third-order valence-corrected chi connectivity index (χ3v) is 1.96. The van der Waals surface area contributed by atoms with Gasteiger partial charge >= 0.3 is 0 Å². The van der Waals surface area contributed by atoms with Crippen LogP contribution in [-0.2, 0) is 0 Å². The predicted octanol–water partition coefficient (Wildman–Crippen LogP) is 3.27. The minimum atomic E-state index is -0.234. The molecule has 1 aromatic rings. The van der Waals surface area contributed by atoms with Crippen LogP contribution in [0.3, 0.4) is 0 Å². The second kappa shape index (κ2) is 5.04. The van der Waals surface area contributed by atoms with E-state index in [4.69, 9.17) is 0 Å². The van der Waals surface area contributed by atoms with Crippen LogP contribution in [0.5, 0.6) is 0 Å². The molecule has 2 heteroatoms. The summed E-state index contributed by atoms with van der Waals surface area (Å²) in [6.07, 6.45) is 0.743. The molecular weight excluding hydrogens is 231 g/mol. The van der Waals surface area contributed by atoms with Crippen molar-refractivity contribution < 1.29 is 4.39 Å². The second-order valence-corrected chi connectivity index (χ2v) is 3.52. The van der Waals surface area contributed by atoms with Crippen LogP contribution < -0.4 is 0 Å². The van der Waals surface area contributed by atoms with Crippen molar-refractivity contribution in [1.82, 2.24) is 0 Å². The van der Waals surface area contributed by atoms with Crippen LogP contribution in [0.4, 0.5) is 4.39 Å². The van der Waals surface area contributed by atoms with Gasteiger partial charge in [-0.1, -0.05) is 33.8 Å². The summed E-state index contributed by atoms with van der Waals surface area (Å²) in [4.78, 5) is 0. The lowest BCUT2D eigenvalue weighted by molar-refractivity contribution is 0.623. The Morgan fingerprint density at radius 2 is 2.23 bits per heavy atom. The second-order valence-electron chi connectivity index (χ2n) is 2.72. The Kier molecular flexibility index (Phi) is 3.98. The number of alkyl halides is 1. The van der Waals surface area contributed by atoms with E-state index in [1.165, 1.54) is 6.07 Å². The van der Waals surface area contributed by atoms with Crippen LogP contribution in [0.15, 0.2) is 18.2 Å². The average molecular weight is 241 g/mol. The molecule has 0 spiro atoms. The third kappa shape index (κ3) is 3.20. The number of benzene rings is 1. The van der Waals surface area contributed by atoms with Gasteiger partial charge in [-0.05, 0) is 24.6 Å². The summed E-state index contributed by atoms with van der Waals surface area (Å²) in [5, 5.41) is 0.827. The van der Waals surface area contributed by atoms with Gasteiger partial charge in [-0.2, -0.15) is 0 Å². The van der Waals surface area contributed by atoms with Crippen LogP contribution in [0.2, 0.25) is 0 Å². The Bertz CT molecular complexity index is 347. The minimum Gasteiger partial charge on any atom is -0.206 e. The van der Waals surface area contributed by atoms with Crippen molar-refractivity contribution in [2.75, 3.05) is 5.33 Å². The summed E-state index contributed by atoms with van der Waals surface area (Å²) in [6.45, 7) is 1.86. The molecule has 0 saturated carbocycles. The van der Waals surface area contributed by atoms with E-state index in [1.807, 2.05) is 13.0 Å². The normalized spacial score (nSPS) is 9.15. The fourth-order valence-electron chi connectivity index (χ4n) is 0.926. The van der Waals surface area contributed by atoms with Gasteiger partial charge in [0.05, 0.1) is 5.56 Å². The molecule has 0 aliphatic carbocycles. The monoisotopic (exact) mass is 240 g/mol. The van der Waals surface area contributed by atoms with Gasteiger partial charge < -0.3 is 0 Å². The lowest BCUT2D eigenvalue weighted by Crippen LogP contribution is -1.84. The maximum Gasteiger partial charge on any atom is 0.139 e. The largest absolute Gasteiger partial charge is 0.206 e. The zero-order valence-corrected chi connectivity index (χ0v) is 8.99. The van der Waals surface area contributed by atoms with Crippen LogP contribution >= 0.6 is 15.9 Å². The van der Waals surface area contributed by atoms with Gasteiger partial charge in [0.15, 0.2) is 0 Å². The Morgan fingerprint density at radius 1 is 1.46 bits per heavy atom. The van der Waals surface area contributed by atoms with E-state index in [0.717, 1.165) is 17.3 Å². The third-order valence-electron chi connectivity index (χ3n) is 1.57. The number of aryl methyl sites for hydroxylation is 1. The highest BCUT2D eigenvalue weighted by Crippen LogP contribution is 2.08. The molecule has 0 nitrogen and oxygen atoms in total. The van der Waals surface area contributed by atoms with Gasteiger partial charge in [-0.25, -0.2) is 4.39 Å². The molecule has 1 aromatic carbocycles. The minimum absolute atomic E-state index is 0.234. The van der Waals surface area contributed by atoms with E-state index in [-0.39, 0.29) is 5.82 Å². The Morgan fingerprint density at radius 3 is 2.85 bits per heavy atom. The van der Waals surface area contributed by atoms with Gasteiger partial charge in [0.2, 0.25) is 0 Å². The van der Waals surface area contributed by atoms with Crippen molar-refractivity contribution in [1.29, 1.82) is 0 Å². The summed E-state index contributed by atoms with van der Waals surface area (Å²) in [5.41, 5.74) is 1.40. The lowest BCUT2D eigenvalue weighted by Gasteiger charge is -1.95. The molecule has 0 atom stereocenters. The SMILES string of the molecule is Cc1ccc(C#CCCBr)c(F)c1. The number of hydrogen-bond donors (Lipinski definition) is 0. The molecule has 68 valence electrons. The van der Waals surface area contributed by atoms with E-state index in [1.54, 1.807) is 6.07 Å². The van der Waals surface area contributed by atoms with E-state index in [0.29, 0.717) is 5.56 Å². The van der Waals surface area contributed by atoms with Crippen molar-refractivity contribution in [2.24, 2.45) is 0 Å². The molecule has 0 radical (unpaired) electrons. The molecule has 13 heavy (non-hydrogen) atoms.